The lowest BCUT2D eigenvalue weighted by atomic mass is 9.84. The van der Waals surface area contributed by atoms with Gasteiger partial charge in [-0.05, 0) is 55.5 Å². The largest absolute Gasteiger partial charge is 0.396 e. The average Bonchev–Trinajstić information content (AvgIpc) is 2.99. The molecule has 1 atom stereocenters. The van der Waals surface area contributed by atoms with E-state index >= 15 is 0 Å². The van der Waals surface area contributed by atoms with Gasteiger partial charge in [0.1, 0.15) is 0 Å². The van der Waals surface area contributed by atoms with Gasteiger partial charge < -0.3 is 14.4 Å². The molecule has 4 nitrogen and oxygen atoms in total. The molecule has 0 aliphatic heterocycles. The van der Waals surface area contributed by atoms with E-state index in [1.807, 2.05) is 13.0 Å². The van der Waals surface area contributed by atoms with Crippen LogP contribution in [0.1, 0.15) is 45.1 Å². The lowest BCUT2D eigenvalue weighted by Gasteiger charge is -2.24. The quantitative estimate of drug-likeness (QED) is 0.426. The number of aliphatic hydroxyl groups excluding tert-OH is 1. The fourth-order valence-electron chi connectivity index (χ4n) is 3.82. The molecule has 3 aromatic rings. The molecule has 0 spiro atoms. The van der Waals surface area contributed by atoms with Gasteiger partial charge in [0.25, 0.3) is 0 Å². The van der Waals surface area contributed by atoms with E-state index in [1.54, 1.807) is 13.3 Å². The van der Waals surface area contributed by atoms with Gasteiger partial charge in [0.15, 0.2) is 0 Å². The van der Waals surface area contributed by atoms with Crippen molar-refractivity contribution in [2.75, 3.05) is 13.7 Å². The van der Waals surface area contributed by atoms with Crippen molar-refractivity contribution in [2.45, 2.75) is 46.8 Å². The van der Waals surface area contributed by atoms with Crippen molar-refractivity contribution < 1.29 is 9.84 Å². The van der Waals surface area contributed by atoms with Gasteiger partial charge in [-0.25, -0.2) is 0 Å². The van der Waals surface area contributed by atoms with E-state index in [2.05, 4.69) is 64.5 Å². The Morgan fingerprint density at radius 2 is 2.03 bits per heavy atom. The van der Waals surface area contributed by atoms with Gasteiger partial charge in [0.05, 0.1) is 22.5 Å². The Morgan fingerprint density at radius 3 is 2.66 bits per heavy atom. The Labute approximate surface area is 186 Å². The molecule has 0 unspecified atom stereocenters. The molecule has 3 rings (SSSR count). The first-order chi connectivity index (χ1) is 13.7. The van der Waals surface area contributed by atoms with Crippen molar-refractivity contribution in [3.63, 3.8) is 0 Å². The smallest absolute Gasteiger partial charge is 0.0969 e. The highest BCUT2D eigenvalue weighted by Crippen LogP contribution is 2.41. The van der Waals surface area contributed by atoms with Gasteiger partial charge in [0, 0.05) is 47.4 Å². The lowest BCUT2D eigenvalue weighted by molar-refractivity contribution is 0.116. The highest BCUT2D eigenvalue weighted by atomic mass is 79.9. The van der Waals surface area contributed by atoms with Crippen molar-refractivity contribution in [3.8, 4) is 11.3 Å². The van der Waals surface area contributed by atoms with Crippen molar-refractivity contribution >= 4 is 38.4 Å². The molecule has 0 fully saturated rings. The summed E-state index contributed by atoms with van der Waals surface area (Å²) in [5.41, 5.74) is 5.02. The van der Waals surface area contributed by atoms with Crippen molar-refractivity contribution in [1.82, 2.24) is 9.55 Å². The zero-order valence-electron chi connectivity index (χ0n) is 17.6. The minimum atomic E-state index is -0.261. The summed E-state index contributed by atoms with van der Waals surface area (Å²) < 4.78 is 8.94. The molecule has 2 aromatic heterocycles. The summed E-state index contributed by atoms with van der Waals surface area (Å²) in [6.45, 7) is 9.21. The zero-order chi connectivity index (χ0) is 21.3. The van der Waals surface area contributed by atoms with Gasteiger partial charge in [-0.3, -0.25) is 4.98 Å². The molecule has 0 aliphatic carbocycles. The van der Waals surface area contributed by atoms with Crippen LogP contribution in [0.3, 0.4) is 0 Å². The fourth-order valence-corrected chi connectivity index (χ4v) is 4.34. The molecule has 0 saturated carbocycles. The predicted octanol–water partition coefficient (Wildman–Crippen LogP) is 6.41. The van der Waals surface area contributed by atoms with Crippen LogP contribution in [0, 0.1) is 5.41 Å². The molecule has 0 radical (unpaired) electrons. The first-order valence-electron chi connectivity index (χ1n) is 9.82. The summed E-state index contributed by atoms with van der Waals surface area (Å²) in [5, 5.41) is 11.7. The van der Waals surface area contributed by atoms with E-state index in [1.165, 1.54) is 10.9 Å². The molecule has 0 aliphatic rings. The van der Waals surface area contributed by atoms with E-state index in [0.717, 1.165) is 39.9 Å². The number of nitrogens with zero attached hydrogens (tertiary/aromatic N) is 2. The average molecular weight is 480 g/mol. The number of ether oxygens (including phenoxy) is 1. The summed E-state index contributed by atoms with van der Waals surface area (Å²) in [6, 6.07) is 8.34. The molecule has 1 N–H and O–H groups in total. The van der Waals surface area contributed by atoms with E-state index in [0.29, 0.717) is 5.02 Å². The summed E-state index contributed by atoms with van der Waals surface area (Å²) in [7, 11) is 1.69. The van der Waals surface area contributed by atoms with Gasteiger partial charge >= 0.3 is 0 Å². The second-order valence-electron chi connectivity index (χ2n) is 8.20. The normalized spacial score (nSPS) is 13.2. The maximum Gasteiger partial charge on any atom is 0.0969 e. The second kappa shape index (κ2) is 8.76. The van der Waals surface area contributed by atoms with Crippen LogP contribution in [0.25, 0.3) is 22.2 Å². The lowest BCUT2D eigenvalue weighted by Crippen LogP contribution is -2.20. The van der Waals surface area contributed by atoms with Crippen LogP contribution in [-0.2, 0) is 17.7 Å². The number of fused-ring (bicyclic) bond motifs is 1. The second-order valence-corrected chi connectivity index (χ2v) is 9.55. The number of hydrogen-bond acceptors (Lipinski definition) is 3. The van der Waals surface area contributed by atoms with Crippen LogP contribution in [-0.4, -0.2) is 28.4 Å². The molecule has 0 saturated heterocycles. The van der Waals surface area contributed by atoms with Gasteiger partial charge in [-0.1, -0.05) is 41.4 Å². The van der Waals surface area contributed by atoms with E-state index in [-0.39, 0.29) is 18.1 Å². The maximum absolute atomic E-state index is 9.96. The summed E-state index contributed by atoms with van der Waals surface area (Å²) in [5.74, 6) is 0. The Hall–Kier alpha value is -1.40. The molecular formula is C23H28BrClN2O2. The highest BCUT2D eigenvalue weighted by molar-refractivity contribution is 9.10. The van der Waals surface area contributed by atoms with Crippen LogP contribution >= 0.6 is 27.5 Å². The molecule has 2 heterocycles. The molecule has 1 aromatic carbocycles. The zero-order valence-corrected chi connectivity index (χ0v) is 19.9. The highest BCUT2D eigenvalue weighted by Gasteiger charge is 2.27. The number of benzene rings is 1. The third-order valence-electron chi connectivity index (χ3n) is 5.41. The molecule has 0 bridgehead atoms. The minimum absolute atomic E-state index is 0.106. The number of aryl methyl sites for hydroxylation is 1. The fraction of sp³-hybridized carbons (Fsp3) is 0.435. The van der Waals surface area contributed by atoms with Crippen LogP contribution in [0.4, 0.5) is 0 Å². The minimum Gasteiger partial charge on any atom is -0.396 e. The number of pyridine rings is 1. The predicted molar refractivity (Wildman–Crippen MR) is 124 cm³/mol. The Bertz CT molecular complexity index is 1030. The van der Waals surface area contributed by atoms with Gasteiger partial charge in [-0.15, -0.1) is 0 Å². The summed E-state index contributed by atoms with van der Waals surface area (Å²) in [4.78, 5) is 4.62. The van der Waals surface area contributed by atoms with Crippen molar-refractivity contribution in [3.05, 3.63) is 51.2 Å². The number of aliphatic hydroxyl groups is 1. The third kappa shape index (κ3) is 4.38. The van der Waals surface area contributed by atoms with E-state index in [9.17, 15) is 5.11 Å². The number of rotatable bonds is 7. The Kier molecular flexibility index (Phi) is 6.74. The Morgan fingerprint density at radius 1 is 1.31 bits per heavy atom. The first kappa shape index (κ1) is 22.3. The SMILES string of the molecule is CCn1c(-c2cc(Cl)cnc2[C@H](C)OC)c(CC(C)(C)CO)c2cc(Br)ccc21. The third-order valence-corrected chi connectivity index (χ3v) is 6.11. The van der Waals surface area contributed by atoms with Crippen LogP contribution in [0.2, 0.25) is 5.02 Å². The van der Waals surface area contributed by atoms with E-state index < -0.39 is 0 Å². The van der Waals surface area contributed by atoms with Crippen LogP contribution in [0.5, 0.6) is 0 Å². The van der Waals surface area contributed by atoms with Gasteiger partial charge in [-0.2, -0.15) is 0 Å². The topological polar surface area (TPSA) is 47.3 Å². The van der Waals surface area contributed by atoms with Crippen LogP contribution in [0.15, 0.2) is 34.9 Å². The number of halogens is 2. The van der Waals surface area contributed by atoms with Crippen molar-refractivity contribution in [1.29, 1.82) is 0 Å². The maximum atomic E-state index is 9.96. The molecule has 0 amide bonds. The van der Waals surface area contributed by atoms with E-state index in [4.69, 9.17) is 16.3 Å². The number of hydrogen-bond donors (Lipinski definition) is 1. The first-order valence-corrected chi connectivity index (χ1v) is 11.0. The number of methoxy groups -OCH3 is 1. The molecule has 29 heavy (non-hydrogen) atoms. The van der Waals surface area contributed by atoms with Gasteiger partial charge in [0.2, 0.25) is 0 Å². The Balaban J connectivity index is 2.42. The molecule has 6 heteroatoms. The van der Waals surface area contributed by atoms with Crippen molar-refractivity contribution in [2.24, 2.45) is 5.41 Å². The summed E-state index contributed by atoms with van der Waals surface area (Å²) >= 11 is 10.0. The number of aromatic nitrogens is 2. The van der Waals surface area contributed by atoms with Crippen LogP contribution < -0.4 is 0 Å². The summed E-state index contributed by atoms with van der Waals surface area (Å²) in [6.07, 6.45) is 2.23. The molecule has 156 valence electrons. The standard InChI is InChI=1S/C23H28BrClN2O2/c1-6-27-20-8-7-15(24)9-17(20)19(11-23(3,4)13-28)22(27)18-10-16(25)12-26-21(18)14(2)29-5/h7-10,12,14,28H,6,11,13H2,1-5H3/t14-/m0/s1. The monoisotopic (exact) mass is 478 g/mol. The molecular weight excluding hydrogens is 452 g/mol.